The van der Waals surface area contributed by atoms with Gasteiger partial charge in [0.05, 0.1) is 0 Å². The summed E-state index contributed by atoms with van der Waals surface area (Å²) in [5, 5.41) is 0. The van der Waals surface area contributed by atoms with E-state index < -0.39 is 0 Å². The number of hydrogen-bond acceptors (Lipinski definition) is 3. The van der Waals surface area contributed by atoms with Crippen molar-refractivity contribution < 1.29 is 0 Å². The minimum Gasteiger partial charge on any atom is -0.296 e. The number of rotatable bonds is 2. The number of aliphatic imine (C=N–C) groups is 1. The lowest BCUT2D eigenvalue weighted by Gasteiger charge is -1.98. The largest absolute Gasteiger partial charge is 0.296 e. The molecule has 4 N–H and O–H groups in total. The maximum absolute atomic E-state index is 4.94. The van der Waals surface area contributed by atoms with Crippen LogP contribution in [0.15, 0.2) is 17.3 Å². The van der Waals surface area contributed by atoms with Crippen LogP contribution in [-0.2, 0) is 0 Å². The first-order valence-electron chi connectivity index (χ1n) is 2.68. The maximum Gasteiger partial charge on any atom is 0.114 e. The summed E-state index contributed by atoms with van der Waals surface area (Å²) in [6, 6.07) is 0. The molecule has 0 atom stereocenters. The van der Waals surface area contributed by atoms with Crippen molar-refractivity contribution in [1.82, 2.24) is 11.0 Å². The molecule has 4 heteroatoms. The zero-order valence-corrected chi connectivity index (χ0v) is 5.68. The van der Waals surface area contributed by atoms with Gasteiger partial charge >= 0.3 is 0 Å². The van der Waals surface area contributed by atoms with Gasteiger partial charge in [0.15, 0.2) is 0 Å². The number of hydrazine groups is 2. The topological polar surface area (TPSA) is 62.4 Å². The Labute approximate surface area is 54.8 Å². The molecule has 0 aliphatic carbocycles. The second kappa shape index (κ2) is 5.27. The van der Waals surface area contributed by atoms with Crippen LogP contribution < -0.4 is 16.8 Å². The van der Waals surface area contributed by atoms with Crippen LogP contribution in [0, 0.1) is 0 Å². The Balaban J connectivity index is 3.55. The van der Waals surface area contributed by atoms with Crippen LogP contribution in [-0.4, -0.2) is 5.84 Å². The molecule has 0 aromatic heterocycles. The number of allylic oxidation sites excluding steroid dienone is 1. The molecule has 0 saturated carbocycles. The standard InChI is InChI=1S/C5H12N4/c1-3-4-7-5(2)8-9-6/h3-4,9H,6H2,1-2H3,(H,7,8)/b4-3-. The third-order valence-corrected chi connectivity index (χ3v) is 0.670. The van der Waals surface area contributed by atoms with Gasteiger partial charge in [0.25, 0.3) is 0 Å². The molecule has 0 heterocycles. The van der Waals surface area contributed by atoms with Gasteiger partial charge in [-0.15, -0.1) is 0 Å². The van der Waals surface area contributed by atoms with E-state index in [1.807, 2.05) is 13.0 Å². The minimum absolute atomic E-state index is 0.732. The lowest BCUT2D eigenvalue weighted by Crippen LogP contribution is -2.40. The van der Waals surface area contributed by atoms with E-state index in [1.165, 1.54) is 0 Å². The van der Waals surface area contributed by atoms with Gasteiger partial charge in [0, 0.05) is 6.20 Å². The molecule has 4 nitrogen and oxygen atoms in total. The molecule has 0 bridgehead atoms. The average molecular weight is 128 g/mol. The van der Waals surface area contributed by atoms with Gasteiger partial charge < -0.3 is 0 Å². The number of nitrogens with two attached hydrogens (primary N) is 1. The molecular formula is C5H12N4. The summed E-state index contributed by atoms with van der Waals surface area (Å²) >= 11 is 0. The summed E-state index contributed by atoms with van der Waals surface area (Å²) in [6.07, 6.45) is 3.52. The second-order valence-corrected chi connectivity index (χ2v) is 1.47. The van der Waals surface area contributed by atoms with Gasteiger partial charge in [0.2, 0.25) is 0 Å². The van der Waals surface area contributed by atoms with Gasteiger partial charge in [0.1, 0.15) is 5.84 Å². The molecule has 0 unspecified atom stereocenters. The first kappa shape index (κ1) is 8.13. The summed E-state index contributed by atoms with van der Waals surface area (Å²) in [4.78, 5) is 3.91. The SMILES string of the molecule is C/C=C\N=C(C)NNN. The van der Waals surface area contributed by atoms with E-state index in [1.54, 1.807) is 13.1 Å². The Morgan fingerprint density at radius 3 is 2.78 bits per heavy atom. The summed E-state index contributed by atoms with van der Waals surface area (Å²) < 4.78 is 0. The van der Waals surface area contributed by atoms with Crippen molar-refractivity contribution in [3.63, 3.8) is 0 Å². The highest BCUT2D eigenvalue weighted by Crippen LogP contribution is 1.73. The van der Waals surface area contributed by atoms with Crippen molar-refractivity contribution in [3.8, 4) is 0 Å². The Morgan fingerprint density at radius 2 is 2.33 bits per heavy atom. The number of nitrogens with one attached hydrogen (secondary N) is 2. The molecule has 0 saturated heterocycles. The van der Waals surface area contributed by atoms with Gasteiger partial charge in [-0.1, -0.05) is 6.08 Å². The fraction of sp³-hybridized carbons (Fsp3) is 0.400. The van der Waals surface area contributed by atoms with E-state index in [9.17, 15) is 0 Å². The molecule has 0 aromatic rings. The van der Waals surface area contributed by atoms with Gasteiger partial charge in [-0.25, -0.2) is 4.99 Å². The fourth-order valence-corrected chi connectivity index (χ4v) is 0.323. The van der Waals surface area contributed by atoms with Crippen LogP contribution in [0.2, 0.25) is 0 Å². The van der Waals surface area contributed by atoms with Crippen molar-refractivity contribution >= 4 is 5.84 Å². The van der Waals surface area contributed by atoms with E-state index in [4.69, 9.17) is 5.84 Å². The molecule has 0 aromatic carbocycles. The van der Waals surface area contributed by atoms with Gasteiger partial charge in [-0.05, 0) is 13.8 Å². The molecule has 0 spiro atoms. The molecular weight excluding hydrogens is 116 g/mol. The lowest BCUT2D eigenvalue weighted by molar-refractivity contribution is 0.693. The number of amidine groups is 1. The first-order chi connectivity index (χ1) is 4.31. The van der Waals surface area contributed by atoms with Crippen molar-refractivity contribution in [2.75, 3.05) is 0 Å². The van der Waals surface area contributed by atoms with Crippen LogP contribution in [0.25, 0.3) is 0 Å². The zero-order chi connectivity index (χ0) is 7.11. The summed E-state index contributed by atoms with van der Waals surface area (Å²) in [5.41, 5.74) is 4.87. The van der Waals surface area contributed by atoms with E-state index in [0.717, 1.165) is 5.84 Å². The van der Waals surface area contributed by atoms with E-state index in [2.05, 4.69) is 16.0 Å². The minimum atomic E-state index is 0.732. The van der Waals surface area contributed by atoms with Crippen LogP contribution in [0.4, 0.5) is 0 Å². The van der Waals surface area contributed by atoms with Gasteiger partial charge in [-0.2, -0.15) is 5.53 Å². The Kier molecular flexibility index (Phi) is 4.76. The van der Waals surface area contributed by atoms with Crippen molar-refractivity contribution in [2.24, 2.45) is 10.8 Å². The average Bonchev–Trinajstić information content (AvgIpc) is 1.85. The molecule has 0 amide bonds. The Hall–Kier alpha value is -0.870. The molecule has 0 aliphatic heterocycles. The highest BCUT2D eigenvalue weighted by molar-refractivity contribution is 5.79. The summed E-state index contributed by atoms with van der Waals surface area (Å²) in [5.74, 6) is 5.67. The number of hydrogen-bond donors (Lipinski definition) is 3. The van der Waals surface area contributed by atoms with Crippen LogP contribution in [0.3, 0.4) is 0 Å². The summed E-state index contributed by atoms with van der Waals surface area (Å²) in [6.45, 7) is 3.70. The Bertz CT molecular complexity index is 116. The molecule has 52 valence electrons. The van der Waals surface area contributed by atoms with Gasteiger partial charge in [-0.3, -0.25) is 11.3 Å². The fourth-order valence-electron chi connectivity index (χ4n) is 0.323. The molecule has 0 fully saturated rings. The van der Waals surface area contributed by atoms with E-state index in [0.29, 0.717) is 0 Å². The van der Waals surface area contributed by atoms with Crippen LogP contribution >= 0.6 is 0 Å². The third-order valence-electron chi connectivity index (χ3n) is 0.670. The van der Waals surface area contributed by atoms with Crippen molar-refractivity contribution in [2.45, 2.75) is 13.8 Å². The highest BCUT2D eigenvalue weighted by Gasteiger charge is 1.78. The molecule has 0 aliphatic rings. The summed E-state index contributed by atoms with van der Waals surface area (Å²) in [7, 11) is 0. The smallest absolute Gasteiger partial charge is 0.114 e. The second-order valence-electron chi connectivity index (χ2n) is 1.47. The molecule has 0 rings (SSSR count). The quantitative estimate of drug-likeness (QED) is 0.211. The van der Waals surface area contributed by atoms with Crippen molar-refractivity contribution in [3.05, 3.63) is 12.3 Å². The van der Waals surface area contributed by atoms with E-state index in [-0.39, 0.29) is 0 Å². The predicted molar refractivity (Wildman–Crippen MR) is 38.4 cm³/mol. The van der Waals surface area contributed by atoms with E-state index >= 15 is 0 Å². The Morgan fingerprint density at radius 1 is 1.67 bits per heavy atom. The maximum atomic E-state index is 4.94. The van der Waals surface area contributed by atoms with Crippen LogP contribution in [0.5, 0.6) is 0 Å². The molecule has 9 heavy (non-hydrogen) atoms. The molecule has 0 radical (unpaired) electrons. The van der Waals surface area contributed by atoms with Crippen molar-refractivity contribution in [1.29, 1.82) is 0 Å². The van der Waals surface area contributed by atoms with Crippen LogP contribution in [0.1, 0.15) is 13.8 Å². The zero-order valence-electron chi connectivity index (χ0n) is 5.68. The first-order valence-corrected chi connectivity index (χ1v) is 2.68. The normalized spacial score (nSPS) is 12.6. The highest BCUT2D eigenvalue weighted by atomic mass is 15.5. The number of nitrogens with zero attached hydrogens (tertiary/aromatic N) is 1. The predicted octanol–water partition coefficient (Wildman–Crippen LogP) is -0.0937. The third kappa shape index (κ3) is 4.99. The monoisotopic (exact) mass is 128 g/mol. The lowest BCUT2D eigenvalue weighted by atomic mass is 10.6.